The van der Waals surface area contributed by atoms with Gasteiger partial charge in [0.15, 0.2) is 5.96 Å². The number of hydrogen-bond donors (Lipinski definition) is 10. The molecule has 19 heteroatoms. The molecule has 0 aliphatic rings. The SMILES string of the molecule is N=C(N)NCCC[C@H](NC(=O)[C@H](CCCCNC(=O)OCc1ccccc1)NC(=O)[C@H](Cc1ccc(C(=N)N)cc1)c1ccc2ccccc2c1)C(N)=O.O=C(O)C(F)(F)F. The van der Waals surface area contributed by atoms with Crippen molar-refractivity contribution < 1.29 is 47.0 Å². The van der Waals surface area contributed by atoms with Gasteiger partial charge in [-0.25, -0.2) is 9.59 Å². The molecule has 0 saturated heterocycles. The molecule has 4 amide bonds. The van der Waals surface area contributed by atoms with E-state index in [9.17, 15) is 32.3 Å². The Morgan fingerprint density at radius 1 is 0.689 bits per heavy atom. The fourth-order valence-corrected chi connectivity index (χ4v) is 5.91. The van der Waals surface area contributed by atoms with Gasteiger partial charge in [0.1, 0.15) is 24.5 Å². The molecule has 3 atom stereocenters. The number of alkyl carbamates (subject to hydrolysis) is 1. The first-order chi connectivity index (χ1) is 28.9. The van der Waals surface area contributed by atoms with Gasteiger partial charge >= 0.3 is 18.2 Å². The predicted octanol–water partition coefficient (Wildman–Crippen LogP) is 3.90. The predicted molar refractivity (Wildman–Crippen MR) is 222 cm³/mol. The molecule has 13 N–H and O–H groups in total. The summed E-state index contributed by atoms with van der Waals surface area (Å²) in [6, 6.07) is 27.9. The van der Waals surface area contributed by atoms with Gasteiger partial charge in [-0.2, -0.15) is 13.2 Å². The summed E-state index contributed by atoms with van der Waals surface area (Å²) in [5, 5.41) is 35.2. The second-order valence-corrected chi connectivity index (χ2v) is 13.8. The number of nitrogens with two attached hydrogens (primary N) is 3. The Hall–Kier alpha value is -7.18. The molecular weight excluding hydrogens is 800 g/mol. The molecule has 0 bridgehead atoms. The number of halogens is 3. The van der Waals surface area contributed by atoms with Crippen LogP contribution >= 0.6 is 0 Å². The lowest BCUT2D eigenvalue weighted by Gasteiger charge is -2.25. The summed E-state index contributed by atoms with van der Waals surface area (Å²) in [6.45, 7) is 0.710. The number of unbranched alkanes of at least 4 members (excludes halogenated alkanes) is 1. The smallest absolute Gasteiger partial charge is 0.475 e. The van der Waals surface area contributed by atoms with Crippen LogP contribution < -0.4 is 38.5 Å². The molecule has 0 heterocycles. The maximum atomic E-state index is 14.3. The highest BCUT2D eigenvalue weighted by molar-refractivity contribution is 5.95. The minimum atomic E-state index is -5.08. The minimum Gasteiger partial charge on any atom is -0.475 e. The molecule has 0 saturated carbocycles. The number of carbonyl (C=O) groups is 5. The quantitative estimate of drug-likeness (QED) is 0.0348. The summed E-state index contributed by atoms with van der Waals surface area (Å²) in [4.78, 5) is 61.6. The summed E-state index contributed by atoms with van der Waals surface area (Å²) >= 11 is 0. The van der Waals surface area contributed by atoms with Gasteiger partial charge in [-0.15, -0.1) is 0 Å². The number of aliphatic carboxylic acids is 1. The Kier molecular flexibility index (Phi) is 19.0. The number of alkyl halides is 3. The first-order valence-electron chi connectivity index (χ1n) is 19.1. The molecule has 326 valence electrons. The molecule has 16 nitrogen and oxygen atoms in total. The number of benzene rings is 4. The van der Waals surface area contributed by atoms with Gasteiger partial charge in [-0.3, -0.25) is 25.2 Å². The second-order valence-electron chi connectivity index (χ2n) is 13.8. The fourth-order valence-electron chi connectivity index (χ4n) is 5.91. The van der Waals surface area contributed by atoms with Gasteiger partial charge in [0.25, 0.3) is 0 Å². The Labute approximate surface area is 349 Å². The molecule has 4 aromatic carbocycles. The van der Waals surface area contributed by atoms with Crippen LogP contribution in [0, 0.1) is 10.8 Å². The Morgan fingerprint density at radius 3 is 1.89 bits per heavy atom. The van der Waals surface area contributed by atoms with Gasteiger partial charge in [0.2, 0.25) is 17.7 Å². The summed E-state index contributed by atoms with van der Waals surface area (Å²) < 4.78 is 37.0. The summed E-state index contributed by atoms with van der Waals surface area (Å²) in [6.07, 6.45) is -3.66. The highest BCUT2D eigenvalue weighted by atomic mass is 19.4. The number of rotatable bonds is 20. The number of nitrogens with one attached hydrogen (secondary N) is 6. The highest BCUT2D eigenvalue weighted by Gasteiger charge is 2.38. The summed E-state index contributed by atoms with van der Waals surface area (Å²) in [7, 11) is 0. The number of guanidine groups is 1. The molecular formula is C42H50F3N9O7. The monoisotopic (exact) mass is 849 g/mol. The molecule has 4 aromatic rings. The number of nitrogen functional groups attached to an aromatic ring is 1. The zero-order chi connectivity index (χ0) is 45.0. The van der Waals surface area contributed by atoms with Crippen LogP contribution in [0.1, 0.15) is 60.3 Å². The van der Waals surface area contributed by atoms with E-state index in [2.05, 4.69) is 21.3 Å². The second kappa shape index (κ2) is 24.0. The van der Waals surface area contributed by atoms with Crippen molar-refractivity contribution in [2.45, 2.75) is 69.3 Å². The third kappa shape index (κ3) is 17.3. The van der Waals surface area contributed by atoms with Crippen molar-refractivity contribution >= 4 is 52.4 Å². The lowest BCUT2D eigenvalue weighted by Crippen LogP contribution is -2.53. The van der Waals surface area contributed by atoms with Crippen molar-refractivity contribution in [2.24, 2.45) is 17.2 Å². The minimum absolute atomic E-state index is 0.0668. The van der Waals surface area contributed by atoms with E-state index in [0.717, 1.165) is 27.5 Å². The molecule has 0 aliphatic carbocycles. The van der Waals surface area contributed by atoms with E-state index in [1.54, 1.807) is 12.1 Å². The number of carboxylic acids is 1. The Bertz CT molecular complexity index is 2120. The number of hydrogen-bond acceptors (Lipinski definition) is 8. The highest BCUT2D eigenvalue weighted by Crippen LogP contribution is 2.26. The van der Waals surface area contributed by atoms with E-state index >= 15 is 0 Å². The Balaban J connectivity index is 0.00000130. The van der Waals surface area contributed by atoms with Crippen LogP contribution in [0.3, 0.4) is 0 Å². The Morgan fingerprint density at radius 2 is 1.28 bits per heavy atom. The third-order valence-electron chi connectivity index (χ3n) is 9.12. The molecule has 0 fully saturated rings. The lowest BCUT2D eigenvalue weighted by molar-refractivity contribution is -0.192. The van der Waals surface area contributed by atoms with Crippen molar-refractivity contribution in [3.63, 3.8) is 0 Å². The fraction of sp³-hybridized carbons (Fsp3) is 0.310. The van der Waals surface area contributed by atoms with Crippen LogP contribution in [0.15, 0.2) is 97.1 Å². The van der Waals surface area contributed by atoms with Crippen molar-refractivity contribution in [3.05, 3.63) is 119 Å². The molecule has 0 spiro atoms. The van der Waals surface area contributed by atoms with Crippen LogP contribution in [0.4, 0.5) is 18.0 Å². The lowest BCUT2D eigenvalue weighted by atomic mass is 9.89. The number of ether oxygens (including phenoxy) is 1. The molecule has 0 radical (unpaired) electrons. The average Bonchev–Trinajstić information content (AvgIpc) is 3.22. The van der Waals surface area contributed by atoms with Gasteiger partial charge in [0.05, 0.1) is 5.92 Å². The molecule has 61 heavy (non-hydrogen) atoms. The number of amides is 4. The number of carboxylic acid groups (broad SMARTS) is 1. The van der Waals surface area contributed by atoms with Gasteiger partial charge < -0.3 is 48.3 Å². The van der Waals surface area contributed by atoms with Gasteiger partial charge in [-0.1, -0.05) is 97.1 Å². The zero-order valence-electron chi connectivity index (χ0n) is 33.1. The van der Waals surface area contributed by atoms with E-state index < -0.39 is 54.0 Å². The number of primary amides is 1. The number of amidine groups is 1. The van der Waals surface area contributed by atoms with E-state index in [0.29, 0.717) is 37.8 Å². The van der Waals surface area contributed by atoms with Gasteiger partial charge in [0, 0.05) is 18.7 Å². The summed E-state index contributed by atoms with van der Waals surface area (Å²) in [5.41, 5.74) is 19.6. The molecule has 0 aliphatic heterocycles. The van der Waals surface area contributed by atoms with Crippen LogP contribution in [-0.4, -0.2) is 78.0 Å². The maximum absolute atomic E-state index is 14.3. The standard InChI is InChI=1S/C40H49N9O5.C2HF3O2/c41-35(42)29-17-15-26(16-18-29)23-32(31-20-19-28-11-4-5-12-30(28)24-31)37(51)49-34(38(52)48-33(36(43)50)14-8-22-46-39(44)45)13-6-7-21-47-40(53)54-25-27-9-2-1-3-10-27;3-2(4,5)1(6)7/h1-5,9-12,15-20,24,32-34H,6-8,13-14,21-23,25H2,(H3,41,42)(H2,43,50)(H,47,53)(H,48,52)(H,49,51)(H4,44,45,46);(H,6,7)/t32-,33+,34+;/m1./s1. The van der Waals surface area contributed by atoms with Gasteiger partial charge in [-0.05, 0) is 66.0 Å². The molecule has 0 aromatic heterocycles. The third-order valence-corrected chi connectivity index (χ3v) is 9.12. The normalized spacial score (nSPS) is 12.3. The van der Waals surface area contributed by atoms with Crippen molar-refractivity contribution in [3.8, 4) is 0 Å². The van der Waals surface area contributed by atoms with Crippen LogP contribution in [0.5, 0.6) is 0 Å². The molecule has 4 rings (SSSR count). The topological polar surface area (TPSA) is 289 Å². The number of fused-ring (bicyclic) bond motifs is 1. The van der Waals surface area contributed by atoms with E-state index in [1.165, 1.54) is 0 Å². The van der Waals surface area contributed by atoms with Crippen molar-refractivity contribution in [2.75, 3.05) is 13.1 Å². The first kappa shape index (κ1) is 48.2. The first-order valence-corrected chi connectivity index (χ1v) is 19.1. The van der Waals surface area contributed by atoms with Crippen LogP contribution in [-0.2, 0) is 36.9 Å². The largest absolute Gasteiger partial charge is 0.490 e. The maximum Gasteiger partial charge on any atom is 0.490 e. The summed E-state index contributed by atoms with van der Waals surface area (Å²) in [5.74, 6) is -5.46. The van der Waals surface area contributed by atoms with E-state index in [1.807, 2.05) is 84.9 Å². The van der Waals surface area contributed by atoms with Crippen molar-refractivity contribution in [1.29, 1.82) is 10.8 Å². The van der Waals surface area contributed by atoms with Crippen LogP contribution in [0.2, 0.25) is 0 Å². The zero-order valence-corrected chi connectivity index (χ0v) is 33.1. The average molecular weight is 850 g/mol. The van der Waals surface area contributed by atoms with E-state index in [4.69, 9.17) is 42.7 Å². The number of carbonyl (C=O) groups excluding carboxylic acids is 4. The van der Waals surface area contributed by atoms with E-state index in [-0.39, 0.29) is 37.8 Å². The van der Waals surface area contributed by atoms with Crippen LogP contribution in [0.25, 0.3) is 10.8 Å². The molecule has 0 unspecified atom stereocenters. The van der Waals surface area contributed by atoms with Crippen molar-refractivity contribution in [1.82, 2.24) is 21.3 Å².